The second-order valence-electron chi connectivity index (χ2n) is 5.19. The number of ketones is 1. The van der Waals surface area contributed by atoms with Crippen LogP contribution in [0.5, 0.6) is 11.5 Å². The van der Waals surface area contributed by atoms with Crippen LogP contribution in [0.4, 0.5) is 0 Å². The number of hydrogen-bond acceptors (Lipinski definition) is 7. The molecule has 0 bridgehead atoms. The molecule has 2 heterocycles. The van der Waals surface area contributed by atoms with Crippen LogP contribution in [0.25, 0.3) is 0 Å². The van der Waals surface area contributed by atoms with E-state index < -0.39 is 17.9 Å². The maximum Gasteiger partial charge on any atom is 0.347 e. The second kappa shape index (κ2) is 5.02. The Morgan fingerprint density at radius 2 is 1.29 bits per heavy atom. The average molecular weight is 324 g/mol. The third-order valence-corrected chi connectivity index (χ3v) is 3.70. The molecule has 7 heteroatoms. The van der Waals surface area contributed by atoms with Crippen LogP contribution in [-0.2, 0) is 9.47 Å². The molecule has 2 aliphatic rings. The van der Waals surface area contributed by atoms with Crippen molar-refractivity contribution in [1.29, 1.82) is 0 Å². The predicted molar refractivity (Wildman–Crippen MR) is 77.3 cm³/mol. The van der Waals surface area contributed by atoms with Crippen LogP contribution < -0.4 is 4.74 Å². The molecule has 0 aromatic heterocycles. The number of carbonyl (C=O) groups is 4. The topological polar surface area (TPSA) is 96.0 Å². The molecule has 0 unspecified atom stereocenters. The summed E-state index contributed by atoms with van der Waals surface area (Å²) >= 11 is 0. The van der Waals surface area contributed by atoms with Gasteiger partial charge in [0.05, 0.1) is 16.7 Å². The van der Waals surface area contributed by atoms with E-state index in [1.54, 1.807) is 0 Å². The highest BCUT2D eigenvalue weighted by Gasteiger charge is 2.30. The number of benzene rings is 2. The van der Waals surface area contributed by atoms with E-state index in [-0.39, 0.29) is 34.6 Å². The van der Waals surface area contributed by atoms with Gasteiger partial charge >= 0.3 is 17.9 Å². The van der Waals surface area contributed by atoms with Crippen LogP contribution in [0.3, 0.4) is 0 Å². The van der Waals surface area contributed by atoms with Crippen molar-refractivity contribution in [3.8, 4) is 11.5 Å². The molecule has 0 saturated carbocycles. The number of hydrogen-bond donors (Lipinski definition) is 0. The normalized spacial score (nSPS) is 15.5. The van der Waals surface area contributed by atoms with E-state index in [0.717, 1.165) is 0 Å². The van der Waals surface area contributed by atoms with Gasteiger partial charge in [-0.3, -0.25) is 4.79 Å². The fraction of sp³-hybridized carbons (Fsp3) is 0.0588. The lowest BCUT2D eigenvalue weighted by atomic mass is 10.0. The number of carbonyl (C=O) groups excluding carboxylic acids is 4. The van der Waals surface area contributed by atoms with E-state index in [2.05, 4.69) is 4.74 Å². The van der Waals surface area contributed by atoms with Crippen molar-refractivity contribution >= 4 is 23.7 Å². The molecule has 0 radical (unpaired) electrons. The van der Waals surface area contributed by atoms with Gasteiger partial charge in [0.1, 0.15) is 11.5 Å². The van der Waals surface area contributed by atoms with Crippen LogP contribution in [0.1, 0.15) is 41.4 Å². The van der Waals surface area contributed by atoms with Crippen molar-refractivity contribution in [3.05, 3.63) is 58.7 Å². The SMILES string of the molecule is O=C1COC(=O)c2ccc(Oc3ccc4c(c3)C(=O)OC4=O)cc21. The quantitative estimate of drug-likeness (QED) is 0.617. The van der Waals surface area contributed by atoms with Gasteiger partial charge in [-0.25, -0.2) is 14.4 Å². The molecule has 2 aromatic carbocycles. The van der Waals surface area contributed by atoms with Gasteiger partial charge in [-0.15, -0.1) is 0 Å². The lowest BCUT2D eigenvalue weighted by Crippen LogP contribution is -2.23. The molecule has 2 aliphatic heterocycles. The first-order valence-corrected chi connectivity index (χ1v) is 6.96. The standard InChI is InChI=1S/C17H8O7/c18-14-7-22-15(19)10-3-1-8(5-12(10)14)23-9-2-4-11-13(6-9)17(21)24-16(11)20/h1-6H,7H2. The number of Topliss-reactive ketones (excluding diaryl/α,β-unsaturated/α-hetero) is 1. The molecular formula is C17H8O7. The number of fused-ring (bicyclic) bond motifs is 2. The van der Waals surface area contributed by atoms with Gasteiger partial charge in [0.15, 0.2) is 6.61 Å². The van der Waals surface area contributed by atoms with E-state index in [4.69, 9.17) is 9.47 Å². The molecule has 0 N–H and O–H groups in total. The van der Waals surface area contributed by atoms with Crippen LogP contribution in [-0.4, -0.2) is 30.3 Å². The maximum absolute atomic E-state index is 11.8. The highest BCUT2D eigenvalue weighted by Crippen LogP contribution is 2.30. The van der Waals surface area contributed by atoms with Gasteiger partial charge < -0.3 is 14.2 Å². The van der Waals surface area contributed by atoms with Gasteiger partial charge in [-0.2, -0.15) is 0 Å². The number of esters is 3. The first-order valence-electron chi connectivity index (χ1n) is 6.96. The number of cyclic esters (lactones) is 3. The van der Waals surface area contributed by atoms with Gasteiger partial charge in [0.2, 0.25) is 5.78 Å². The molecule has 0 spiro atoms. The van der Waals surface area contributed by atoms with Crippen LogP contribution in [0, 0.1) is 0 Å². The van der Waals surface area contributed by atoms with Crippen molar-refractivity contribution in [2.24, 2.45) is 0 Å². The largest absolute Gasteiger partial charge is 0.457 e. The van der Waals surface area contributed by atoms with Gasteiger partial charge in [0.25, 0.3) is 0 Å². The number of rotatable bonds is 2. The number of ether oxygens (including phenoxy) is 3. The lowest BCUT2D eigenvalue weighted by Gasteiger charge is -2.15. The Morgan fingerprint density at radius 3 is 2.00 bits per heavy atom. The molecule has 0 fully saturated rings. The van der Waals surface area contributed by atoms with E-state index in [1.165, 1.54) is 36.4 Å². The fourth-order valence-corrected chi connectivity index (χ4v) is 2.55. The van der Waals surface area contributed by atoms with Gasteiger partial charge in [0, 0.05) is 5.56 Å². The maximum atomic E-state index is 11.8. The van der Waals surface area contributed by atoms with Crippen LogP contribution in [0.2, 0.25) is 0 Å². The molecule has 0 amide bonds. The molecule has 0 aliphatic carbocycles. The minimum absolute atomic E-state index is 0.120. The summed E-state index contributed by atoms with van der Waals surface area (Å²) in [6, 6.07) is 8.71. The first kappa shape index (κ1) is 14.1. The lowest BCUT2D eigenvalue weighted by molar-refractivity contribution is 0.0436. The van der Waals surface area contributed by atoms with E-state index in [0.29, 0.717) is 11.5 Å². The minimum Gasteiger partial charge on any atom is -0.457 e. The average Bonchev–Trinajstić information content (AvgIpc) is 2.85. The zero-order valence-electron chi connectivity index (χ0n) is 12.0. The first-order chi connectivity index (χ1) is 11.5. The summed E-state index contributed by atoms with van der Waals surface area (Å²) in [6.07, 6.45) is 0. The van der Waals surface area contributed by atoms with Crippen molar-refractivity contribution in [2.45, 2.75) is 0 Å². The summed E-state index contributed by atoms with van der Waals surface area (Å²) in [6.45, 7) is -0.303. The summed E-state index contributed by atoms with van der Waals surface area (Å²) < 4.78 is 14.9. The molecule has 0 saturated heterocycles. The molecular weight excluding hydrogens is 316 g/mol. The zero-order valence-corrected chi connectivity index (χ0v) is 12.0. The zero-order chi connectivity index (χ0) is 16.8. The fourth-order valence-electron chi connectivity index (χ4n) is 2.55. The summed E-state index contributed by atoms with van der Waals surface area (Å²) in [5.74, 6) is -1.70. The third-order valence-electron chi connectivity index (χ3n) is 3.70. The van der Waals surface area contributed by atoms with Crippen molar-refractivity contribution in [3.63, 3.8) is 0 Å². The Bertz CT molecular complexity index is 942. The summed E-state index contributed by atoms with van der Waals surface area (Å²) in [4.78, 5) is 46.4. The van der Waals surface area contributed by atoms with E-state index >= 15 is 0 Å². The smallest absolute Gasteiger partial charge is 0.347 e. The Balaban J connectivity index is 1.67. The van der Waals surface area contributed by atoms with Gasteiger partial charge in [-0.05, 0) is 36.4 Å². The van der Waals surface area contributed by atoms with E-state index in [9.17, 15) is 19.2 Å². The minimum atomic E-state index is -0.733. The Hall–Kier alpha value is -3.48. The van der Waals surface area contributed by atoms with Gasteiger partial charge in [-0.1, -0.05) is 0 Å². The van der Waals surface area contributed by atoms with Crippen LogP contribution in [0.15, 0.2) is 36.4 Å². The monoisotopic (exact) mass is 324 g/mol. The highest BCUT2D eigenvalue weighted by molar-refractivity contribution is 6.15. The summed E-state index contributed by atoms with van der Waals surface area (Å²) in [5, 5.41) is 0. The van der Waals surface area contributed by atoms with Crippen molar-refractivity contribution < 1.29 is 33.4 Å². The molecule has 118 valence electrons. The molecule has 7 nitrogen and oxygen atoms in total. The molecule has 4 rings (SSSR count). The molecule has 0 atom stereocenters. The summed E-state index contributed by atoms with van der Waals surface area (Å²) in [5.41, 5.74) is 0.701. The third kappa shape index (κ3) is 2.14. The highest BCUT2D eigenvalue weighted by atomic mass is 16.6. The van der Waals surface area contributed by atoms with Crippen molar-refractivity contribution in [2.75, 3.05) is 6.61 Å². The second-order valence-corrected chi connectivity index (χ2v) is 5.19. The van der Waals surface area contributed by atoms with Crippen molar-refractivity contribution in [1.82, 2.24) is 0 Å². The van der Waals surface area contributed by atoms with E-state index in [1.807, 2.05) is 0 Å². The predicted octanol–water partition coefficient (Wildman–Crippen LogP) is 2.14. The Labute approximate surface area is 134 Å². The molecule has 2 aromatic rings. The van der Waals surface area contributed by atoms with Crippen LogP contribution >= 0.6 is 0 Å². The Morgan fingerprint density at radius 1 is 0.708 bits per heavy atom. The molecule has 24 heavy (non-hydrogen) atoms. The summed E-state index contributed by atoms with van der Waals surface area (Å²) in [7, 11) is 0. The Kier molecular flexibility index (Phi) is 2.96.